The third-order valence-corrected chi connectivity index (χ3v) is 3.93. The lowest BCUT2D eigenvalue weighted by Crippen LogP contribution is -2.06. The number of halogens is 2. The van der Waals surface area contributed by atoms with Crippen LogP contribution in [0.1, 0.15) is 11.1 Å². The summed E-state index contributed by atoms with van der Waals surface area (Å²) in [5.74, 6) is -0.172. The second-order valence-electron chi connectivity index (χ2n) is 5.70. The molecule has 7 nitrogen and oxygen atoms in total. The molecule has 29 heavy (non-hydrogen) atoms. The molecule has 0 aliphatic carbocycles. The molecule has 1 heterocycles. The van der Waals surface area contributed by atoms with E-state index < -0.39 is 12.6 Å². The average molecular weight is 405 g/mol. The molecule has 0 atom stereocenters. The van der Waals surface area contributed by atoms with Crippen LogP contribution in [0.3, 0.4) is 0 Å². The second kappa shape index (κ2) is 8.59. The van der Waals surface area contributed by atoms with Gasteiger partial charge in [0, 0.05) is 5.56 Å². The summed E-state index contributed by atoms with van der Waals surface area (Å²) in [5, 5.41) is 0. The third-order valence-electron chi connectivity index (χ3n) is 3.93. The maximum absolute atomic E-state index is 12.7. The zero-order valence-electron chi connectivity index (χ0n) is 15.8. The van der Waals surface area contributed by atoms with Gasteiger partial charge in [-0.15, -0.1) is 0 Å². The van der Waals surface area contributed by atoms with Crippen molar-refractivity contribution in [3.63, 3.8) is 0 Å². The zero-order chi connectivity index (χ0) is 21.0. The summed E-state index contributed by atoms with van der Waals surface area (Å²) in [4.78, 5) is 16.4. The molecule has 0 spiro atoms. The Bertz CT molecular complexity index is 962. The number of nitrogens with zero attached hydrogens (tertiary/aromatic N) is 1. The number of hydrogen-bond donors (Lipinski definition) is 0. The molecule has 0 N–H and O–H groups in total. The van der Waals surface area contributed by atoms with Crippen molar-refractivity contribution in [2.24, 2.45) is 4.99 Å². The van der Waals surface area contributed by atoms with Gasteiger partial charge in [-0.1, -0.05) is 6.07 Å². The fourth-order valence-electron chi connectivity index (χ4n) is 2.64. The van der Waals surface area contributed by atoms with E-state index in [1.807, 2.05) is 0 Å². The summed E-state index contributed by atoms with van der Waals surface area (Å²) in [6.07, 6.45) is 1.42. The topological polar surface area (TPSA) is 75.6 Å². The predicted octanol–water partition coefficient (Wildman–Crippen LogP) is 3.66. The summed E-state index contributed by atoms with van der Waals surface area (Å²) in [7, 11) is 4.12. The number of esters is 1. The van der Waals surface area contributed by atoms with Crippen molar-refractivity contribution in [3.8, 4) is 23.0 Å². The number of carbonyl (C=O) groups is 1. The molecule has 1 aliphatic rings. The Morgan fingerprint density at radius 2 is 1.72 bits per heavy atom. The first-order valence-corrected chi connectivity index (χ1v) is 8.33. The number of carbonyl (C=O) groups excluding carboxylic acids is 1. The minimum atomic E-state index is -3.05. The van der Waals surface area contributed by atoms with Crippen LogP contribution in [0.4, 0.5) is 8.78 Å². The van der Waals surface area contributed by atoms with Gasteiger partial charge in [-0.2, -0.15) is 8.78 Å². The van der Waals surface area contributed by atoms with Crippen molar-refractivity contribution < 1.29 is 37.3 Å². The third kappa shape index (κ3) is 4.45. The first-order chi connectivity index (χ1) is 13.9. The van der Waals surface area contributed by atoms with Gasteiger partial charge >= 0.3 is 12.6 Å². The van der Waals surface area contributed by atoms with Crippen molar-refractivity contribution in [2.45, 2.75) is 6.61 Å². The molecule has 0 bridgehead atoms. The smallest absolute Gasteiger partial charge is 0.387 e. The summed E-state index contributed by atoms with van der Waals surface area (Å²) < 4.78 is 50.4. The van der Waals surface area contributed by atoms with E-state index in [1.165, 1.54) is 39.5 Å². The van der Waals surface area contributed by atoms with Gasteiger partial charge in [0.05, 0.1) is 21.3 Å². The van der Waals surface area contributed by atoms with Crippen LogP contribution in [0.15, 0.2) is 47.1 Å². The summed E-state index contributed by atoms with van der Waals surface area (Å²) in [5.41, 5.74) is 1.01. The van der Waals surface area contributed by atoms with E-state index >= 15 is 0 Å². The van der Waals surface area contributed by atoms with E-state index in [-0.39, 0.29) is 28.8 Å². The summed E-state index contributed by atoms with van der Waals surface area (Å²) in [6, 6.07) is 9.72. The monoisotopic (exact) mass is 405 g/mol. The Morgan fingerprint density at radius 1 is 1.03 bits per heavy atom. The van der Waals surface area contributed by atoms with Crippen molar-refractivity contribution in [1.29, 1.82) is 0 Å². The van der Waals surface area contributed by atoms with Gasteiger partial charge in [0.15, 0.2) is 17.2 Å². The normalized spacial score (nSPS) is 14.6. The molecule has 1 aliphatic heterocycles. The molecule has 0 amide bonds. The standard InChI is InChI=1S/C20H17F2NO6/c1-25-13-6-4-5-12(10-13)18-23-14(19(24)29-18)7-11-8-15(26-2)17(28-20(21)22)16(9-11)27-3/h4-10,20H,1-3H3/b14-7-. The maximum Gasteiger partial charge on any atom is 0.387 e. The molecule has 0 unspecified atom stereocenters. The van der Waals surface area contributed by atoms with Crippen LogP contribution in [0.2, 0.25) is 0 Å². The van der Waals surface area contributed by atoms with E-state index in [9.17, 15) is 13.6 Å². The molecule has 0 saturated heterocycles. The quantitative estimate of drug-likeness (QED) is 0.517. The molecular weight excluding hydrogens is 388 g/mol. The Kier molecular flexibility index (Phi) is 5.96. The van der Waals surface area contributed by atoms with Gasteiger partial charge < -0.3 is 23.7 Å². The van der Waals surface area contributed by atoms with Crippen LogP contribution in [-0.4, -0.2) is 39.8 Å². The minimum Gasteiger partial charge on any atom is -0.497 e. The number of aliphatic imine (C=N–C) groups is 1. The highest BCUT2D eigenvalue weighted by atomic mass is 19.3. The van der Waals surface area contributed by atoms with Crippen LogP contribution >= 0.6 is 0 Å². The highest BCUT2D eigenvalue weighted by Gasteiger charge is 2.25. The van der Waals surface area contributed by atoms with E-state index in [1.54, 1.807) is 24.3 Å². The number of alkyl halides is 2. The highest BCUT2D eigenvalue weighted by molar-refractivity contribution is 6.13. The van der Waals surface area contributed by atoms with Gasteiger partial charge in [-0.3, -0.25) is 0 Å². The van der Waals surface area contributed by atoms with Gasteiger partial charge in [0.1, 0.15) is 5.75 Å². The minimum absolute atomic E-state index is 0.0138. The fourth-order valence-corrected chi connectivity index (χ4v) is 2.64. The van der Waals surface area contributed by atoms with E-state index in [2.05, 4.69) is 9.73 Å². The maximum atomic E-state index is 12.7. The lowest BCUT2D eigenvalue weighted by Gasteiger charge is -2.14. The molecule has 0 aromatic heterocycles. The van der Waals surface area contributed by atoms with Crippen LogP contribution in [0.25, 0.3) is 6.08 Å². The SMILES string of the molecule is COc1cccc(C2=N/C(=C\c3cc(OC)c(OC(F)F)c(OC)c3)C(=O)O2)c1. The molecule has 0 saturated carbocycles. The lowest BCUT2D eigenvalue weighted by atomic mass is 10.1. The number of methoxy groups -OCH3 is 3. The van der Waals surface area contributed by atoms with Crippen molar-refractivity contribution >= 4 is 17.9 Å². The molecule has 2 aromatic carbocycles. The van der Waals surface area contributed by atoms with Crippen molar-refractivity contribution in [3.05, 3.63) is 53.2 Å². The zero-order valence-corrected chi connectivity index (χ0v) is 15.8. The van der Waals surface area contributed by atoms with Gasteiger partial charge in [-0.25, -0.2) is 9.79 Å². The van der Waals surface area contributed by atoms with Crippen LogP contribution in [-0.2, 0) is 9.53 Å². The number of ether oxygens (including phenoxy) is 5. The number of hydrogen-bond acceptors (Lipinski definition) is 7. The summed E-state index contributed by atoms with van der Waals surface area (Å²) in [6.45, 7) is -3.05. The number of cyclic esters (lactones) is 1. The molecule has 152 valence electrons. The number of rotatable bonds is 7. The average Bonchev–Trinajstić information content (AvgIpc) is 3.08. The van der Waals surface area contributed by atoms with Crippen molar-refractivity contribution in [1.82, 2.24) is 0 Å². The first kappa shape index (κ1) is 20.1. The predicted molar refractivity (Wildman–Crippen MR) is 99.8 cm³/mol. The molecule has 2 aromatic rings. The highest BCUT2D eigenvalue weighted by Crippen LogP contribution is 2.40. The Balaban J connectivity index is 1.98. The van der Waals surface area contributed by atoms with Gasteiger partial charge in [0.2, 0.25) is 11.6 Å². The number of benzene rings is 2. The molecular formula is C20H17F2NO6. The van der Waals surface area contributed by atoms with Gasteiger partial charge in [0.25, 0.3) is 0 Å². The molecule has 3 rings (SSSR count). The molecule has 0 fully saturated rings. The Labute approximate surface area is 165 Å². The molecule has 9 heteroatoms. The van der Waals surface area contributed by atoms with E-state index in [4.69, 9.17) is 18.9 Å². The van der Waals surface area contributed by atoms with E-state index in [0.717, 1.165) is 0 Å². The van der Waals surface area contributed by atoms with Crippen LogP contribution in [0, 0.1) is 0 Å². The Hall–Kier alpha value is -3.62. The van der Waals surface area contributed by atoms with E-state index in [0.29, 0.717) is 16.9 Å². The second-order valence-corrected chi connectivity index (χ2v) is 5.70. The largest absolute Gasteiger partial charge is 0.497 e. The lowest BCUT2D eigenvalue weighted by molar-refractivity contribution is -0.129. The van der Waals surface area contributed by atoms with Crippen LogP contribution in [0.5, 0.6) is 23.0 Å². The first-order valence-electron chi connectivity index (χ1n) is 8.33. The fraction of sp³-hybridized carbons (Fsp3) is 0.200. The van der Waals surface area contributed by atoms with Gasteiger partial charge in [-0.05, 0) is 42.0 Å². The molecule has 0 radical (unpaired) electrons. The summed E-state index contributed by atoms with van der Waals surface area (Å²) >= 11 is 0. The Morgan fingerprint density at radius 3 is 2.31 bits per heavy atom. The van der Waals surface area contributed by atoms with Crippen LogP contribution < -0.4 is 18.9 Å². The van der Waals surface area contributed by atoms with Crippen molar-refractivity contribution in [2.75, 3.05) is 21.3 Å².